The number of para-hydroxylation sites is 2. The summed E-state index contributed by atoms with van der Waals surface area (Å²) >= 11 is 5.99. The van der Waals surface area contributed by atoms with Crippen LogP contribution in [0.1, 0.15) is 12.5 Å². The number of aromatic amines is 1. The second-order valence-corrected chi connectivity index (χ2v) is 6.31. The lowest BCUT2D eigenvalue weighted by molar-refractivity contribution is 0.559. The third-order valence-corrected chi connectivity index (χ3v) is 4.25. The molecule has 0 aliphatic carbocycles. The molecule has 8 heteroatoms. The van der Waals surface area contributed by atoms with Crippen molar-refractivity contribution in [3.05, 3.63) is 79.9 Å². The molecule has 2 aromatic heterocycles. The predicted molar refractivity (Wildman–Crippen MR) is 106 cm³/mol. The van der Waals surface area contributed by atoms with Crippen molar-refractivity contribution in [1.29, 1.82) is 0 Å². The van der Waals surface area contributed by atoms with Gasteiger partial charge in [0.05, 0.1) is 22.3 Å². The van der Waals surface area contributed by atoms with Crippen LogP contribution in [0.5, 0.6) is 0 Å². The molecule has 0 aliphatic rings. The summed E-state index contributed by atoms with van der Waals surface area (Å²) in [7, 11) is 0. The average Bonchev–Trinajstić information content (AvgIpc) is 2.66. The highest BCUT2D eigenvalue weighted by Gasteiger charge is 2.10. The highest BCUT2D eigenvalue weighted by molar-refractivity contribution is 6.31. The van der Waals surface area contributed by atoms with E-state index in [1.165, 1.54) is 0 Å². The van der Waals surface area contributed by atoms with Crippen LogP contribution in [0.15, 0.2) is 67.6 Å². The van der Waals surface area contributed by atoms with E-state index in [9.17, 15) is 9.59 Å². The number of rotatable bonds is 3. The Kier molecular flexibility index (Phi) is 4.21. The third-order valence-electron chi connectivity index (χ3n) is 4.01. The largest absolute Gasteiger partial charge is 0.422 e. The molecule has 27 heavy (non-hydrogen) atoms. The molecule has 134 valence electrons. The van der Waals surface area contributed by atoms with Crippen LogP contribution in [0.2, 0.25) is 5.02 Å². The summed E-state index contributed by atoms with van der Waals surface area (Å²) in [5.74, 6) is 0.0290. The third kappa shape index (κ3) is 3.32. The quantitative estimate of drug-likeness (QED) is 0.322. The summed E-state index contributed by atoms with van der Waals surface area (Å²) in [6, 6.07) is 13.8. The SMILES string of the molecule is C/C(=N/Nc1nc2ccccc2[nH]c1=O)c1cc2cc(Cl)ccc2oc1=O. The zero-order valence-electron chi connectivity index (χ0n) is 14.1. The number of halogens is 1. The number of nitrogens with one attached hydrogen (secondary N) is 2. The fourth-order valence-electron chi connectivity index (χ4n) is 2.65. The van der Waals surface area contributed by atoms with Gasteiger partial charge in [-0.05, 0) is 43.3 Å². The van der Waals surface area contributed by atoms with E-state index in [-0.39, 0.29) is 11.4 Å². The minimum absolute atomic E-state index is 0.0290. The van der Waals surface area contributed by atoms with Crippen molar-refractivity contribution >= 4 is 45.1 Å². The van der Waals surface area contributed by atoms with E-state index in [1.807, 2.05) is 6.07 Å². The molecule has 0 atom stereocenters. The maximum atomic E-state index is 12.2. The molecule has 0 saturated carbocycles. The van der Waals surface area contributed by atoms with E-state index in [2.05, 4.69) is 20.5 Å². The van der Waals surface area contributed by atoms with Crippen LogP contribution >= 0.6 is 11.6 Å². The summed E-state index contributed by atoms with van der Waals surface area (Å²) in [5.41, 5.74) is 3.95. The van der Waals surface area contributed by atoms with Crippen molar-refractivity contribution in [2.45, 2.75) is 6.92 Å². The molecule has 7 nitrogen and oxygen atoms in total. The van der Waals surface area contributed by atoms with Gasteiger partial charge in [-0.3, -0.25) is 10.2 Å². The molecule has 0 fully saturated rings. The van der Waals surface area contributed by atoms with Crippen molar-refractivity contribution in [3.63, 3.8) is 0 Å². The van der Waals surface area contributed by atoms with Crippen LogP contribution in [0.3, 0.4) is 0 Å². The van der Waals surface area contributed by atoms with Gasteiger partial charge in [0.15, 0.2) is 0 Å². The second-order valence-electron chi connectivity index (χ2n) is 5.87. The average molecular weight is 381 g/mol. The number of nitrogens with zero attached hydrogens (tertiary/aromatic N) is 2. The molecule has 2 aromatic carbocycles. The van der Waals surface area contributed by atoms with Crippen LogP contribution < -0.4 is 16.6 Å². The zero-order chi connectivity index (χ0) is 19.0. The van der Waals surface area contributed by atoms with Gasteiger partial charge in [-0.15, -0.1) is 0 Å². The van der Waals surface area contributed by atoms with Gasteiger partial charge in [0.1, 0.15) is 5.58 Å². The van der Waals surface area contributed by atoms with E-state index < -0.39 is 11.2 Å². The standard InChI is InChI=1S/C19H13ClN4O3/c1-10(13-9-11-8-12(20)6-7-16(11)27-19(13)26)23-24-17-18(25)22-15-5-3-2-4-14(15)21-17/h2-9H,1H3,(H,21,24)(H,22,25)/b23-10-. The zero-order valence-corrected chi connectivity index (χ0v) is 14.9. The Labute approximate surface area is 157 Å². The molecule has 2 heterocycles. The summed E-state index contributed by atoms with van der Waals surface area (Å²) in [6.45, 7) is 1.63. The van der Waals surface area contributed by atoms with Gasteiger partial charge in [-0.2, -0.15) is 5.10 Å². The summed E-state index contributed by atoms with van der Waals surface area (Å²) in [4.78, 5) is 31.3. The Morgan fingerprint density at radius 2 is 2.00 bits per heavy atom. The Hall–Kier alpha value is -3.45. The molecule has 4 rings (SSSR count). The summed E-state index contributed by atoms with van der Waals surface area (Å²) < 4.78 is 5.30. The molecule has 0 bridgehead atoms. The molecule has 0 spiro atoms. The van der Waals surface area contributed by atoms with Gasteiger partial charge < -0.3 is 9.40 Å². The number of aromatic nitrogens is 2. The fraction of sp³-hybridized carbons (Fsp3) is 0.0526. The molecular weight excluding hydrogens is 368 g/mol. The summed E-state index contributed by atoms with van der Waals surface area (Å²) in [5, 5.41) is 5.32. The van der Waals surface area contributed by atoms with Crippen molar-refractivity contribution in [2.24, 2.45) is 5.10 Å². The van der Waals surface area contributed by atoms with Gasteiger partial charge in [0.25, 0.3) is 5.56 Å². The highest BCUT2D eigenvalue weighted by atomic mass is 35.5. The first-order valence-electron chi connectivity index (χ1n) is 8.04. The van der Waals surface area contributed by atoms with Crippen LogP contribution in [0.25, 0.3) is 22.0 Å². The van der Waals surface area contributed by atoms with Gasteiger partial charge in [0.2, 0.25) is 5.82 Å². The predicted octanol–water partition coefficient (Wildman–Crippen LogP) is 3.52. The molecule has 0 aliphatic heterocycles. The minimum atomic E-state index is -0.534. The molecular formula is C19H13ClN4O3. The second kappa shape index (κ2) is 6.69. The molecule has 0 unspecified atom stereocenters. The number of fused-ring (bicyclic) bond motifs is 2. The van der Waals surface area contributed by atoms with Crippen molar-refractivity contribution in [2.75, 3.05) is 5.43 Å². The number of hydrogen-bond acceptors (Lipinski definition) is 6. The molecule has 0 amide bonds. The Morgan fingerprint density at radius 1 is 1.19 bits per heavy atom. The van der Waals surface area contributed by atoms with Crippen LogP contribution in [-0.2, 0) is 0 Å². The molecule has 0 radical (unpaired) electrons. The maximum absolute atomic E-state index is 12.2. The highest BCUT2D eigenvalue weighted by Crippen LogP contribution is 2.19. The van der Waals surface area contributed by atoms with E-state index in [1.54, 1.807) is 49.4 Å². The van der Waals surface area contributed by atoms with Gasteiger partial charge in [-0.25, -0.2) is 9.78 Å². The summed E-state index contributed by atoms with van der Waals surface area (Å²) in [6.07, 6.45) is 0. The van der Waals surface area contributed by atoms with Crippen molar-refractivity contribution < 1.29 is 4.42 Å². The lowest BCUT2D eigenvalue weighted by Gasteiger charge is -2.04. The molecule has 0 saturated heterocycles. The number of hydrazone groups is 1. The number of hydrogen-bond donors (Lipinski definition) is 2. The monoisotopic (exact) mass is 380 g/mol. The van der Waals surface area contributed by atoms with Crippen molar-refractivity contribution in [1.82, 2.24) is 9.97 Å². The van der Waals surface area contributed by atoms with Gasteiger partial charge in [0, 0.05) is 10.4 Å². The van der Waals surface area contributed by atoms with Crippen LogP contribution in [-0.4, -0.2) is 15.7 Å². The first-order chi connectivity index (χ1) is 13.0. The first-order valence-corrected chi connectivity index (χ1v) is 8.42. The smallest absolute Gasteiger partial charge is 0.345 e. The molecule has 4 aromatic rings. The Morgan fingerprint density at radius 3 is 2.85 bits per heavy atom. The fourth-order valence-corrected chi connectivity index (χ4v) is 2.83. The number of anilines is 1. The van der Waals surface area contributed by atoms with Gasteiger partial charge >= 0.3 is 5.63 Å². The van der Waals surface area contributed by atoms with Crippen LogP contribution in [0, 0.1) is 0 Å². The van der Waals surface area contributed by atoms with E-state index in [4.69, 9.17) is 16.0 Å². The van der Waals surface area contributed by atoms with Gasteiger partial charge in [-0.1, -0.05) is 23.7 Å². The van der Waals surface area contributed by atoms with E-state index >= 15 is 0 Å². The maximum Gasteiger partial charge on any atom is 0.345 e. The number of H-pyrrole nitrogens is 1. The molecule has 2 N–H and O–H groups in total. The number of benzene rings is 2. The van der Waals surface area contributed by atoms with E-state index in [0.717, 1.165) is 0 Å². The van der Waals surface area contributed by atoms with Crippen molar-refractivity contribution in [3.8, 4) is 0 Å². The normalized spacial score (nSPS) is 11.9. The topological polar surface area (TPSA) is 100 Å². The lowest BCUT2D eigenvalue weighted by Crippen LogP contribution is -2.17. The van der Waals surface area contributed by atoms with E-state index in [0.29, 0.717) is 32.7 Å². The van der Waals surface area contributed by atoms with Crippen LogP contribution in [0.4, 0.5) is 5.82 Å². The Balaban J connectivity index is 1.72. The lowest BCUT2D eigenvalue weighted by atomic mass is 10.1. The first kappa shape index (κ1) is 17.0. The Bertz CT molecular complexity index is 1320. The minimum Gasteiger partial charge on any atom is -0.422 e.